The van der Waals surface area contributed by atoms with Crippen LogP contribution in [0.1, 0.15) is 33.6 Å². The van der Waals surface area contributed by atoms with Crippen molar-refractivity contribution in [2.45, 2.75) is 83.1 Å². The molecule has 2 nitrogen and oxygen atoms in total. The van der Waals surface area contributed by atoms with E-state index in [1.54, 1.807) is 0 Å². The molecule has 1 unspecified atom stereocenters. The van der Waals surface area contributed by atoms with Crippen LogP contribution >= 0.6 is 0 Å². The zero-order valence-electron chi connectivity index (χ0n) is 13.8. The smallest absolute Gasteiger partial charge is 0.193 e. The van der Waals surface area contributed by atoms with E-state index in [4.69, 9.17) is 4.43 Å². The van der Waals surface area contributed by atoms with E-state index >= 15 is 0 Å². The molecular formula is C15H30O2Si2. The van der Waals surface area contributed by atoms with E-state index in [1.165, 1.54) is 0 Å². The van der Waals surface area contributed by atoms with Gasteiger partial charge < -0.3 is 9.53 Å². The van der Waals surface area contributed by atoms with Crippen molar-refractivity contribution >= 4 is 16.4 Å². The van der Waals surface area contributed by atoms with E-state index in [9.17, 15) is 5.11 Å². The quantitative estimate of drug-likeness (QED) is 0.634. The lowest BCUT2D eigenvalue weighted by Gasteiger charge is -2.40. The lowest BCUT2D eigenvalue weighted by atomic mass is 10.2. The van der Waals surface area contributed by atoms with E-state index in [1.807, 2.05) is 0 Å². The molecule has 1 atom stereocenters. The molecule has 110 valence electrons. The van der Waals surface area contributed by atoms with Gasteiger partial charge in [-0.3, -0.25) is 0 Å². The monoisotopic (exact) mass is 298 g/mol. The topological polar surface area (TPSA) is 29.5 Å². The highest BCUT2D eigenvalue weighted by molar-refractivity contribution is 6.83. The number of hydrogen-bond acceptors (Lipinski definition) is 2. The third-order valence-electron chi connectivity index (χ3n) is 4.09. The van der Waals surface area contributed by atoms with Crippen molar-refractivity contribution in [2.24, 2.45) is 0 Å². The Hall–Kier alpha value is -0.0862. The predicted molar refractivity (Wildman–Crippen MR) is 87.4 cm³/mol. The zero-order valence-corrected chi connectivity index (χ0v) is 15.8. The average Bonchev–Trinajstić information content (AvgIpc) is 2.91. The Labute approximate surface area is 121 Å². The SMILES string of the molecule is CC(C)(C)[Si](C)(C)OC1(C(O)C#C[Si](C)(C)C)CC1. The van der Waals surface area contributed by atoms with E-state index in [2.05, 4.69) is 65.0 Å². The zero-order chi connectivity index (χ0) is 15.1. The molecule has 4 heteroatoms. The van der Waals surface area contributed by atoms with E-state index in [0.717, 1.165) is 12.8 Å². The fraction of sp³-hybridized carbons (Fsp3) is 0.867. The first kappa shape index (κ1) is 17.0. The Morgan fingerprint density at radius 1 is 1.11 bits per heavy atom. The molecule has 0 aromatic heterocycles. The van der Waals surface area contributed by atoms with Gasteiger partial charge in [-0.2, -0.15) is 0 Å². The van der Waals surface area contributed by atoms with Gasteiger partial charge in [0, 0.05) is 0 Å². The first-order valence-electron chi connectivity index (χ1n) is 7.20. The van der Waals surface area contributed by atoms with Gasteiger partial charge in [0.25, 0.3) is 0 Å². The Morgan fingerprint density at radius 3 is 1.89 bits per heavy atom. The summed E-state index contributed by atoms with van der Waals surface area (Å²) >= 11 is 0. The van der Waals surface area contributed by atoms with Crippen LogP contribution in [-0.2, 0) is 4.43 Å². The van der Waals surface area contributed by atoms with Crippen LogP contribution in [0.4, 0.5) is 0 Å². The maximum absolute atomic E-state index is 10.4. The Morgan fingerprint density at radius 2 is 1.58 bits per heavy atom. The lowest BCUT2D eigenvalue weighted by Crippen LogP contribution is -2.48. The van der Waals surface area contributed by atoms with E-state index in [-0.39, 0.29) is 10.6 Å². The van der Waals surface area contributed by atoms with Crippen LogP contribution in [0.2, 0.25) is 37.8 Å². The molecule has 1 rings (SSSR count). The van der Waals surface area contributed by atoms with Crippen molar-refractivity contribution in [2.75, 3.05) is 0 Å². The minimum absolute atomic E-state index is 0.175. The summed E-state index contributed by atoms with van der Waals surface area (Å²) in [6.07, 6.45) is 1.27. The molecule has 0 amide bonds. The van der Waals surface area contributed by atoms with Gasteiger partial charge in [0.05, 0.1) is 5.60 Å². The van der Waals surface area contributed by atoms with E-state index in [0.29, 0.717) is 0 Å². The number of aliphatic hydroxyl groups is 1. The second-order valence-corrected chi connectivity index (χ2v) is 17.8. The van der Waals surface area contributed by atoms with Gasteiger partial charge in [0.1, 0.15) is 14.2 Å². The Kier molecular flexibility index (Phi) is 4.49. The van der Waals surface area contributed by atoms with Crippen LogP contribution in [0.15, 0.2) is 0 Å². The van der Waals surface area contributed by atoms with Crippen LogP contribution in [0.5, 0.6) is 0 Å². The summed E-state index contributed by atoms with van der Waals surface area (Å²) in [5.41, 5.74) is 2.90. The molecule has 0 saturated heterocycles. The summed E-state index contributed by atoms with van der Waals surface area (Å²) in [5.74, 6) is 3.06. The highest BCUT2D eigenvalue weighted by atomic mass is 28.4. The number of hydrogen-bond donors (Lipinski definition) is 1. The van der Waals surface area contributed by atoms with Crippen LogP contribution in [0.25, 0.3) is 0 Å². The summed E-state index contributed by atoms with van der Waals surface area (Å²) in [4.78, 5) is 0. The molecule has 0 heterocycles. The van der Waals surface area contributed by atoms with Crippen molar-refractivity contribution in [1.29, 1.82) is 0 Å². The molecule has 0 radical (unpaired) electrons. The second kappa shape index (κ2) is 5.03. The molecule has 1 saturated carbocycles. The third-order valence-corrected chi connectivity index (χ3v) is 9.51. The molecule has 1 fully saturated rings. The van der Waals surface area contributed by atoms with Gasteiger partial charge in [-0.25, -0.2) is 0 Å². The van der Waals surface area contributed by atoms with Crippen LogP contribution < -0.4 is 0 Å². The van der Waals surface area contributed by atoms with Gasteiger partial charge >= 0.3 is 0 Å². The molecule has 0 aromatic carbocycles. The minimum Gasteiger partial charge on any atom is -0.408 e. The average molecular weight is 299 g/mol. The molecule has 1 aliphatic rings. The lowest BCUT2D eigenvalue weighted by molar-refractivity contribution is 0.0426. The van der Waals surface area contributed by atoms with Gasteiger partial charge in [0.15, 0.2) is 8.32 Å². The summed E-state index contributed by atoms with van der Waals surface area (Å²) < 4.78 is 6.43. The van der Waals surface area contributed by atoms with Crippen molar-refractivity contribution in [1.82, 2.24) is 0 Å². The first-order valence-corrected chi connectivity index (χ1v) is 13.6. The summed E-state index contributed by atoms with van der Waals surface area (Å²) in [6, 6.07) is 0. The number of rotatable bonds is 3. The maximum Gasteiger partial charge on any atom is 0.193 e. The summed E-state index contributed by atoms with van der Waals surface area (Å²) in [6.45, 7) is 17.8. The fourth-order valence-electron chi connectivity index (χ4n) is 1.63. The Balaban J connectivity index is 2.80. The maximum atomic E-state index is 10.4. The highest BCUT2D eigenvalue weighted by Crippen LogP contribution is 2.49. The molecule has 1 N–H and O–H groups in total. The van der Waals surface area contributed by atoms with Crippen molar-refractivity contribution in [3.05, 3.63) is 0 Å². The van der Waals surface area contributed by atoms with Gasteiger partial charge in [-0.15, -0.1) is 5.54 Å². The van der Waals surface area contributed by atoms with Crippen molar-refractivity contribution in [3.8, 4) is 11.5 Å². The molecule has 0 bridgehead atoms. The standard InChI is InChI=1S/C15H30O2Si2/c1-14(2,3)19(7,8)17-15(10-11-15)13(16)9-12-18(4,5)6/h13,16H,10-11H2,1-8H3. The Bertz CT molecular complexity index is 387. The molecule has 19 heavy (non-hydrogen) atoms. The molecule has 1 aliphatic carbocycles. The van der Waals surface area contributed by atoms with E-state index < -0.39 is 22.5 Å². The van der Waals surface area contributed by atoms with Gasteiger partial charge in [-0.05, 0) is 31.0 Å². The molecular weight excluding hydrogens is 268 g/mol. The number of aliphatic hydroxyl groups excluding tert-OH is 1. The summed E-state index contributed by atoms with van der Waals surface area (Å²) in [5, 5.41) is 10.6. The minimum atomic E-state index is -1.83. The predicted octanol–water partition coefficient (Wildman–Crippen LogP) is 3.78. The van der Waals surface area contributed by atoms with Crippen molar-refractivity contribution in [3.63, 3.8) is 0 Å². The molecule has 0 aliphatic heterocycles. The fourth-order valence-corrected chi connectivity index (χ4v) is 3.84. The van der Waals surface area contributed by atoms with Crippen LogP contribution in [-0.4, -0.2) is 33.2 Å². The highest BCUT2D eigenvalue weighted by Gasteiger charge is 2.55. The van der Waals surface area contributed by atoms with Gasteiger partial charge in [-0.1, -0.05) is 46.3 Å². The third kappa shape index (κ3) is 4.45. The van der Waals surface area contributed by atoms with Crippen LogP contribution in [0.3, 0.4) is 0 Å². The second-order valence-electron chi connectivity index (χ2n) is 8.35. The molecule has 0 aromatic rings. The largest absolute Gasteiger partial charge is 0.408 e. The van der Waals surface area contributed by atoms with Crippen molar-refractivity contribution < 1.29 is 9.53 Å². The van der Waals surface area contributed by atoms with Gasteiger partial charge in [0.2, 0.25) is 0 Å². The summed E-state index contributed by atoms with van der Waals surface area (Å²) in [7, 11) is -3.26. The van der Waals surface area contributed by atoms with Crippen LogP contribution in [0, 0.1) is 11.5 Å². The molecule has 0 spiro atoms. The first-order chi connectivity index (χ1) is 8.29. The normalized spacial score (nSPS) is 20.5.